The van der Waals surface area contributed by atoms with Gasteiger partial charge in [0.05, 0.1) is 0 Å². The van der Waals surface area contributed by atoms with Gasteiger partial charge in [-0.3, -0.25) is 4.79 Å². The van der Waals surface area contributed by atoms with Gasteiger partial charge in [-0.1, -0.05) is 31.2 Å². The van der Waals surface area contributed by atoms with Crippen molar-refractivity contribution in [2.45, 2.75) is 32.6 Å². The molecule has 92 valence electrons. The van der Waals surface area contributed by atoms with Crippen molar-refractivity contribution in [2.75, 3.05) is 13.1 Å². The number of carbonyl (C=O) groups is 1. The molecule has 1 aliphatic rings. The van der Waals surface area contributed by atoms with E-state index in [1.807, 2.05) is 18.2 Å². The first kappa shape index (κ1) is 12.3. The molecule has 0 saturated carbocycles. The van der Waals surface area contributed by atoms with Crippen LogP contribution in [0, 0.1) is 5.92 Å². The standard InChI is InChI=1S/C15H21NO/c1-11(13-6-5-9-16-10-13)14-7-3-4-8-15(14)12(2)17/h3-4,7-8,11,13,16H,5-6,9-10H2,1-2H3. The number of piperidine rings is 1. The molecule has 0 spiro atoms. The van der Waals surface area contributed by atoms with Gasteiger partial charge >= 0.3 is 0 Å². The van der Waals surface area contributed by atoms with Crippen molar-refractivity contribution in [3.8, 4) is 0 Å². The van der Waals surface area contributed by atoms with E-state index in [2.05, 4.69) is 18.3 Å². The number of hydrogen-bond donors (Lipinski definition) is 1. The van der Waals surface area contributed by atoms with Crippen molar-refractivity contribution in [1.29, 1.82) is 0 Å². The van der Waals surface area contributed by atoms with E-state index < -0.39 is 0 Å². The van der Waals surface area contributed by atoms with E-state index in [1.165, 1.54) is 18.4 Å². The summed E-state index contributed by atoms with van der Waals surface area (Å²) >= 11 is 0. The summed E-state index contributed by atoms with van der Waals surface area (Å²) in [6.45, 7) is 6.12. The molecule has 0 bridgehead atoms. The zero-order valence-electron chi connectivity index (χ0n) is 10.7. The van der Waals surface area contributed by atoms with Gasteiger partial charge in [-0.2, -0.15) is 0 Å². The Labute approximate surface area is 103 Å². The third-order valence-corrected chi connectivity index (χ3v) is 3.87. The van der Waals surface area contributed by atoms with Crippen LogP contribution in [0.4, 0.5) is 0 Å². The van der Waals surface area contributed by atoms with Crippen LogP contribution in [-0.2, 0) is 0 Å². The summed E-state index contributed by atoms with van der Waals surface area (Å²) in [4.78, 5) is 11.6. The van der Waals surface area contributed by atoms with E-state index in [0.717, 1.165) is 18.7 Å². The zero-order chi connectivity index (χ0) is 12.3. The summed E-state index contributed by atoms with van der Waals surface area (Å²) in [7, 11) is 0. The number of Topliss-reactive ketones (excluding diaryl/α,β-unsaturated/α-hetero) is 1. The van der Waals surface area contributed by atoms with E-state index >= 15 is 0 Å². The molecular formula is C15H21NO. The van der Waals surface area contributed by atoms with E-state index in [0.29, 0.717) is 11.8 Å². The van der Waals surface area contributed by atoms with Crippen LogP contribution < -0.4 is 5.32 Å². The number of ketones is 1. The lowest BCUT2D eigenvalue weighted by Gasteiger charge is -2.29. The number of carbonyl (C=O) groups excluding carboxylic acids is 1. The summed E-state index contributed by atoms with van der Waals surface area (Å²) in [6.07, 6.45) is 2.51. The smallest absolute Gasteiger partial charge is 0.160 e. The third kappa shape index (κ3) is 2.75. The minimum Gasteiger partial charge on any atom is -0.316 e. The van der Waals surface area contributed by atoms with Crippen LogP contribution in [0.25, 0.3) is 0 Å². The summed E-state index contributed by atoms with van der Waals surface area (Å²) < 4.78 is 0. The van der Waals surface area contributed by atoms with Crippen LogP contribution in [0.15, 0.2) is 24.3 Å². The number of benzene rings is 1. The molecule has 0 aliphatic carbocycles. The van der Waals surface area contributed by atoms with Gasteiger partial charge in [-0.15, -0.1) is 0 Å². The molecule has 1 aromatic carbocycles. The molecular weight excluding hydrogens is 210 g/mol. The lowest BCUT2D eigenvalue weighted by atomic mass is 9.80. The monoisotopic (exact) mass is 231 g/mol. The Hall–Kier alpha value is -1.15. The summed E-state index contributed by atoms with van der Waals surface area (Å²) in [5, 5.41) is 3.45. The molecule has 1 N–H and O–H groups in total. The number of nitrogens with one attached hydrogen (secondary N) is 1. The van der Waals surface area contributed by atoms with Gasteiger partial charge in [0.1, 0.15) is 0 Å². The lowest BCUT2D eigenvalue weighted by Crippen LogP contribution is -2.32. The van der Waals surface area contributed by atoms with Crippen LogP contribution in [-0.4, -0.2) is 18.9 Å². The maximum atomic E-state index is 11.6. The first-order chi connectivity index (χ1) is 8.20. The van der Waals surface area contributed by atoms with Crippen LogP contribution in [0.2, 0.25) is 0 Å². The molecule has 2 heteroatoms. The van der Waals surface area contributed by atoms with E-state index in [9.17, 15) is 4.79 Å². The third-order valence-electron chi connectivity index (χ3n) is 3.87. The average Bonchev–Trinajstić information content (AvgIpc) is 2.39. The van der Waals surface area contributed by atoms with Gasteiger partial charge in [0.25, 0.3) is 0 Å². The quantitative estimate of drug-likeness (QED) is 0.810. The molecule has 2 nitrogen and oxygen atoms in total. The van der Waals surface area contributed by atoms with E-state index in [4.69, 9.17) is 0 Å². The second-order valence-electron chi connectivity index (χ2n) is 5.04. The molecule has 0 aromatic heterocycles. The Morgan fingerprint density at radius 3 is 2.82 bits per heavy atom. The normalized spacial score (nSPS) is 22.1. The van der Waals surface area contributed by atoms with Crippen molar-refractivity contribution in [3.63, 3.8) is 0 Å². The molecule has 1 fully saturated rings. The first-order valence-electron chi connectivity index (χ1n) is 6.50. The van der Waals surface area contributed by atoms with Crippen molar-refractivity contribution in [2.24, 2.45) is 5.92 Å². The Bertz CT molecular complexity index is 394. The predicted molar refractivity (Wildman–Crippen MR) is 70.5 cm³/mol. The Kier molecular flexibility index (Phi) is 3.95. The van der Waals surface area contributed by atoms with Gasteiger partial charge in [-0.05, 0) is 50.3 Å². The van der Waals surface area contributed by atoms with Crippen LogP contribution in [0.5, 0.6) is 0 Å². The van der Waals surface area contributed by atoms with Crippen LogP contribution in [0.3, 0.4) is 0 Å². The first-order valence-corrected chi connectivity index (χ1v) is 6.50. The molecule has 1 heterocycles. The topological polar surface area (TPSA) is 29.1 Å². The Morgan fingerprint density at radius 1 is 1.41 bits per heavy atom. The highest BCUT2D eigenvalue weighted by atomic mass is 16.1. The second kappa shape index (κ2) is 5.46. The van der Waals surface area contributed by atoms with Crippen molar-refractivity contribution in [1.82, 2.24) is 5.32 Å². The molecule has 1 aliphatic heterocycles. The molecule has 0 radical (unpaired) electrons. The molecule has 0 amide bonds. The number of hydrogen-bond acceptors (Lipinski definition) is 2. The van der Waals surface area contributed by atoms with E-state index in [-0.39, 0.29) is 5.78 Å². The average molecular weight is 231 g/mol. The molecule has 17 heavy (non-hydrogen) atoms. The predicted octanol–water partition coefficient (Wildman–Crippen LogP) is 2.99. The highest BCUT2D eigenvalue weighted by Gasteiger charge is 2.23. The summed E-state index contributed by atoms with van der Waals surface area (Å²) in [5.41, 5.74) is 2.11. The fraction of sp³-hybridized carbons (Fsp3) is 0.533. The minimum atomic E-state index is 0.177. The van der Waals surface area contributed by atoms with Gasteiger partial charge in [0.2, 0.25) is 0 Å². The van der Waals surface area contributed by atoms with Gasteiger partial charge in [0.15, 0.2) is 5.78 Å². The van der Waals surface area contributed by atoms with Gasteiger partial charge in [-0.25, -0.2) is 0 Å². The van der Waals surface area contributed by atoms with Crippen LogP contribution in [0.1, 0.15) is 48.5 Å². The minimum absolute atomic E-state index is 0.177. The summed E-state index contributed by atoms with van der Waals surface area (Å²) in [5.74, 6) is 1.29. The zero-order valence-corrected chi connectivity index (χ0v) is 10.7. The SMILES string of the molecule is CC(=O)c1ccccc1C(C)C1CCCNC1. The van der Waals surface area contributed by atoms with Crippen molar-refractivity contribution >= 4 is 5.78 Å². The van der Waals surface area contributed by atoms with E-state index in [1.54, 1.807) is 6.92 Å². The maximum absolute atomic E-state index is 11.6. The molecule has 2 atom stereocenters. The molecule has 1 saturated heterocycles. The number of rotatable bonds is 3. The van der Waals surface area contributed by atoms with Gasteiger partial charge < -0.3 is 5.32 Å². The van der Waals surface area contributed by atoms with Gasteiger partial charge in [0, 0.05) is 5.56 Å². The molecule has 2 unspecified atom stereocenters. The molecule has 1 aromatic rings. The Balaban J connectivity index is 2.23. The fourth-order valence-electron chi connectivity index (χ4n) is 2.77. The maximum Gasteiger partial charge on any atom is 0.160 e. The van der Waals surface area contributed by atoms with Crippen molar-refractivity contribution < 1.29 is 4.79 Å². The van der Waals surface area contributed by atoms with Crippen LogP contribution >= 0.6 is 0 Å². The highest BCUT2D eigenvalue weighted by molar-refractivity contribution is 5.95. The molecule has 2 rings (SSSR count). The fourth-order valence-corrected chi connectivity index (χ4v) is 2.77. The second-order valence-corrected chi connectivity index (χ2v) is 5.04. The lowest BCUT2D eigenvalue weighted by molar-refractivity contribution is 0.101. The highest BCUT2D eigenvalue weighted by Crippen LogP contribution is 2.31. The van der Waals surface area contributed by atoms with Crippen molar-refractivity contribution in [3.05, 3.63) is 35.4 Å². The Morgan fingerprint density at radius 2 is 2.18 bits per heavy atom. The summed E-state index contributed by atoms with van der Waals surface area (Å²) in [6, 6.07) is 8.04. The largest absolute Gasteiger partial charge is 0.316 e.